The Morgan fingerprint density at radius 3 is 2.07 bits per heavy atom. The minimum absolute atomic E-state index is 0.0507. The van der Waals surface area contributed by atoms with Crippen LogP contribution < -0.4 is 19.1 Å². The Morgan fingerprint density at radius 1 is 0.881 bits per heavy atom. The van der Waals surface area contributed by atoms with Crippen molar-refractivity contribution in [3.8, 4) is 11.5 Å². The molecule has 0 unspecified atom stereocenters. The lowest BCUT2D eigenvalue weighted by Crippen LogP contribution is -2.41. The van der Waals surface area contributed by atoms with Crippen molar-refractivity contribution in [3.63, 3.8) is 0 Å². The molecule has 1 aliphatic heterocycles. The minimum Gasteiger partial charge on any atom is -0.494 e. The smallest absolute Gasteiger partial charge is 0.264 e. The summed E-state index contributed by atoms with van der Waals surface area (Å²) in [4.78, 5) is 12.8. The second-order valence-corrected chi connectivity index (χ2v) is 12.9. The fraction of sp³-hybridized carbons (Fsp3) is 0.321. The van der Waals surface area contributed by atoms with Crippen LogP contribution >= 0.6 is 0 Å². The lowest BCUT2D eigenvalue weighted by molar-refractivity contribution is -0.119. The number of halogens is 1. The lowest BCUT2D eigenvalue weighted by Gasteiger charge is -2.26. The van der Waals surface area contributed by atoms with Crippen LogP contribution in [-0.2, 0) is 29.6 Å². The summed E-state index contributed by atoms with van der Waals surface area (Å²) < 4.78 is 84.3. The first-order chi connectivity index (χ1) is 20.1. The van der Waals surface area contributed by atoms with Crippen molar-refractivity contribution in [1.82, 2.24) is 9.62 Å². The SMILES string of the molecule is CCOc1ccc(N(CC(=O)NCCOc2ccc(S(=O)(=O)N3CCOCC3)cc2)S(=O)(=O)c2ccc(F)cc2)cc1. The molecule has 0 atom stereocenters. The fourth-order valence-electron chi connectivity index (χ4n) is 4.11. The molecule has 0 radical (unpaired) electrons. The van der Waals surface area contributed by atoms with Crippen LogP contribution in [0.5, 0.6) is 11.5 Å². The van der Waals surface area contributed by atoms with E-state index in [0.717, 1.165) is 28.6 Å². The molecule has 1 aliphatic rings. The van der Waals surface area contributed by atoms with Crippen LogP contribution in [0, 0.1) is 5.82 Å². The first-order valence-corrected chi connectivity index (χ1v) is 16.1. The lowest BCUT2D eigenvalue weighted by atomic mass is 10.3. The molecule has 1 N–H and O–H groups in total. The third-order valence-electron chi connectivity index (χ3n) is 6.25. The van der Waals surface area contributed by atoms with Gasteiger partial charge >= 0.3 is 0 Å². The van der Waals surface area contributed by atoms with Gasteiger partial charge in [-0.2, -0.15) is 4.31 Å². The molecule has 1 heterocycles. The Labute approximate surface area is 244 Å². The van der Waals surface area contributed by atoms with Crippen molar-refractivity contribution in [3.05, 3.63) is 78.6 Å². The number of rotatable bonds is 13. The largest absolute Gasteiger partial charge is 0.494 e. The van der Waals surface area contributed by atoms with E-state index < -0.39 is 38.3 Å². The highest BCUT2D eigenvalue weighted by Gasteiger charge is 2.28. The number of ether oxygens (including phenoxy) is 3. The van der Waals surface area contributed by atoms with Crippen molar-refractivity contribution in [2.24, 2.45) is 0 Å². The van der Waals surface area contributed by atoms with Crippen LogP contribution in [0.3, 0.4) is 0 Å². The Bertz CT molecular complexity index is 1540. The standard InChI is InChI=1S/C28H32FN3O8S2/c1-2-39-24-7-5-23(6-8-24)32(42(36,37)27-11-3-22(29)4-12-27)21-28(33)30-15-18-40-25-9-13-26(14-10-25)41(34,35)31-16-19-38-20-17-31/h3-14H,2,15-21H2,1H3,(H,30,33). The summed E-state index contributed by atoms with van der Waals surface area (Å²) >= 11 is 0. The van der Waals surface area contributed by atoms with E-state index in [-0.39, 0.29) is 28.6 Å². The van der Waals surface area contributed by atoms with Gasteiger partial charge < -0.3 is 19.5 Å². The Balaban J connectivity index is 1.36. The molecule has 1 fully saturated rings. The third-order valence-corrected chi connectivity index (χ3v) is 9.95. The van der Waals surface area contributed by atoms with Crippen LogP contribution in [0.4, 0.5) is 10.1 Å². The molecule has 1 saturated heterocycles. The van der Waals surface area contributed by atoms with Crippen LogP contribution in [0.1, 0.15) is 6.92 Å². The number of nitrogens with one attached hydrogen (secondary N) is 1. The van der Waals surface area contributed by atoms with E-state index in [4.69, 9.17) is 14.2 Å². The quantitative estimate of drug-likeness (QED) is 0.288. The minimum atomic E-state index is -4.21. The second-order valence-electron chi connectivity index (χ2n) is 9.08. The zero-order valence-corrected chi connectivity index (χ0v) is 24.6. The number of benzene rings is 3. The van der Waals surface area contributed by atoms with Crippen molar-refractivity contribution < 1.29 is 40.2 Å². The maximum atomic E-state index is 13.4. The van der Waals surface area contributed by atoms with Gasteiger partial charge in [0.15, 0.2) is 0 Å². The summed E-state index contributed by atoms with van der Waals surface area (Å²) in [5.74, 6) is -0.244. The van der Waals surface area contributed by atoms with Gasteiger partial charge in [-0.3, -0.25) is 9.10 Å². The van der Waals surface area contributed by atoms with Gasteiger partial charge in [0.2, 0.25) is 15.9 Å². The predicted molar refractivity (Wildman–Crippen MR) is 153 cm³/mol. The van der Waals surface area contributed by atoms with Gasteiger partial charge in [0, 0.05) is 13.1 Å². The molecule has 1 amide bonds. The number of carbonyl (C=O) groups is 1. The van der Waals surface area contributed by atoms with E-state index >= 15 is 0 Å². The highest BCUT2D eigenvalue weighted by molar-refractivity contribution is 7.92. The summed E-state index contributed by atoms with van der Waals surface area (Å²) in [7, 11) is -7.84. The van der Waals surface area contributed by atoms with E-state index in [1.807, 2.05) is 6.92 Å². The summed E-state index contributed by atoms with van der Waals surface area (Å²) in [6, 6.07) is 16.5. The number of sulfonamides is 2. The molecule has 11 nitrogen and oxygen atoms in total. The number of carbonyl (C=O) groups excluding carboxylic acids is 1. The number of amides is 1. The Morgan fingerprint density at radius 2 is 1.45 bits per heavy atom. The van der Waals surface area contributed by atoms with Gasteiger partial charge in [0.25, 0.3) is 10.0 Å². The molecule has 0 spiro atoms. The number of morpholine rings is 1. The van der Waals surface area contributed by atoms with Crippen LogP contribution in [0.25, 0.3) is 0 Å². The summed E-state index contributed by atoms with van der Waals surface area (Å²) in [6.45, 7) is 3.10. The van der Waals surface area contributed by atoms with Crippen molar-refractivity contribution >= 4 is 31.6 Å². The van der Waals surface area contributed by atoms with Crippen molar-refractivity contribution in [2.45, 2.75) is 16.7 Å². The molecule has 3 aromatic carbocycles. The maximum Gasteiger partial charge on any atom is 0.264 e. The van der Waals surface area contributed by atoms with Crippen LogP contribution in [-0.4, -0.2) is 79.7 Å². The molecule has 226 valence electrons. The van der Waals surface area contributed by atoms with E-state index in [2.05, 4.69) is 5.32 Å². The Kier molecular flexibility index (Phi) is 10.4. The van der Waals surface area contributed by atoms with Crippen molar-refractivity contribution in [1.29, 1.82) is 0 Å². The Hall–Kier alpha value is -3.72. The van der Waals surface area contributed by atoms with Gasteiger partial charge in [-0.1, -0.05) is 0 Å². The van der Waals surface area contributed by atoms with Gasteiger partial charge in [-0.15, -0.1) is 0 Å². The molecule has 0 aliphatic carbocycles. The average Bonchev–Trinajstić information content (AvgIpc) is 2.99. The second kappa shape index (κ2) is 14.0. The van der Waals surface area contributed by atoms with Crippen molar-refractivity contribution in [2.75, 3.05) is 56.9 Å². The van der Waals surface area contributed by atoms with Gasteiger partial charge in [0.1, 0.15) is 30.5 Å². The topological polar surface area (TPSA) is 132 Å². The molecular weight excluding hydrogens is 589 g/mol. The summed E-state index contributed by atoms with van der Waals surface area (Å²) in [5, 5.41) is 2.63. The van der Waals surface area contributed by atoms with Gasteiger partial charge in [0.05, 0.1) is 41.8 Å². The highest BCUT2D eigenvalue weighted by atomic mass is 32.2. The highest BCUT2D eigenvalue weighted by Crippen LogP contribution is 2.26. The van der Waals surface area contributed by atoms with Gasteiger partial charge in [-0.25, -0.2) is 21.2 Å². The molecule has 0 saturated carbocycles. The fourth-order valence-corrected chi connectivity index (χ4v) is 6.94. The molecule has 0 aromatic heterocycles. The van der Waals surface area contributed by atoms with Gasteiger partial charge in [-0.05, 0) is 79.7 Å². The number of hydrogen-bond donors (Lipinski definition) is 1. The normalized spacial score (nSPS) is 14.2. The zero-order valence-electron chi connectivity index (χ0n) is 22.9. The molecule has 0 bridgehead atoms. The number of hydrogen-bond acceptors (Lipinski definition) is 8. The van der Waals surface area contributed by atoms with E-state index in [1.165, 1.54) is 40.7 Å². The van der Waals surface area contributed by atoms with E-state index in [0.29, 0.717) is 44.4 Å². The summed E-state index contributed by atoms with van der Waals surface area (Å²) in [6.07, 6.45) is 0. The molecule has 14 heteroatoms. The molecule has 42 heavy (non-hydrogen) atoms. The van der Waals surface area contributed by atoms with E-state index in [1.54, 1.807) is 12.1 Å². The van der Waals surface area contributed by atoms with E-state index in [9.17, 15) is 26.0 Å². The predicted octanol–water partition coefficient (Wildman–Crippen LogP) is 2.64. The number of anilines is 1. The zero-order chi connectivity index (χ0) is 30.2. The van der Waals surface area contributed by atoms with Crippen LogP contribution in [0.15, 0.2) is 82.6 Å². The number of nitrogens with zero attached hydrogens (tertiary/aromatic N) is 2. The first-order valence-electron chi connectivity index (χ1n) is 13.2. The third kappa shape index (κ3) is 7.76. The van der Waals surface area contributed by atoms with Crippen LogP contribution in [0.2, 0.25) is 0 Å². The molecule has 3 aromatic rings. The monoisotopic (exact) mass is 621 g/mol. The first kappa shape index (κ1) is 31.2. The summed E-state index contributed by atoms with van der Waals surface area (Å²) in [5.41, 5.74) is 0.223. The maximum absolute atomic E-state index is 13.4. The average molecular weight is 622 g/mol. The molecule has 4 rings (SSSR count). The molecular formula is C28H32FN3O8S2.